The van der Waals surface area contributed by atoms with E-state index < -0.39 is 17.9 Å². The largest absolute Gasteiger partial charge is 0.478 e. The number of fused-ring (bicyclic) bond motifs is 2. The maximum Gasteiger partial charge on any atom is 0.335 e. The van der Waals surface area contributed by atoms with Gasteiger partial charge in [-0.15, -0.1) is 0 Å². The topological polar surface area (TPSA) is 125 Å². The van der Waals surface area contributed by atoms with Crippen molar-refractivity contribution in [1.82, 2.24) is 4.98 Å². The summed E-state index contributed by atoms with van der Waals surface area (Å²) in [5.74, 6) is -4.12. The van der Waals surface area contributed by atoms with Gasteiger partial charge in [0.15, 0.2) is 0 Å². The fourth-order valence-electron chi connectivity index (χ4n) is 2.72. The second-order valence-corrected chi connectivity index (χ2v) is 6.09. The smallest absolute Gasteiger partial charge is 0.335 e. The average Bonchev–Trinajstić information content (AvgIpc) is 2.72. The number of aromatic carboxylic acids is 3. The quantitative estimate of drug-likeness (QED) is 0.449. The number of aromatic nitrogens is 1. The van der Waals surface area contributed by atoms with Crippen molar-refractivity contribution in [2.45, 2.75) is 0 Å². The van der Waals surface area contributed by atoms with Gasteiger partial charge >= 0.3 is 17.9 Å². The molecule has 1 aromatic heterocycles. The van der Waals surface area contributed by atoms with Crippen molar-refractivity contribution in [1.29, 1.82) is 0 Å². The number of carboxylic acids is 3. The highest BCUT2D eigenvalue weighted by Gasteiger charge is 2.14. The molecular weight excluding hydrogens is 374 g/mol. The van der Waals surface area contributed by atoms with Gasteiger partial charge in [0.1, 0.15) is 0 Å². The Hall–Kier alpha value is -4.26. The van der Waals surface area contributed by atoms with E-state index in [9.17, 15) is 14.4 Å². The summed E-state index contributed by atoms with van der Waals surface area (Å²) in [6.45, 7) is 0. The minimum atomic E-state index is -1.37. The van der Waals surface area contributed by atoms with Crippen LogP contribution in [0.25, 0.3) is 21.8 Å². The predicted octanol–water partition coefficient (Wildman–Crippen LogP) is 4.17. The van der Waals surface area contributed by atoms with Crippen LogP contribution in [-0.2, 0) is 0 Å². The first-order valence-corrected chi connectivity index (χ1v) is 8.44. The monoisotopic (exact) mass is 389 g/mol. The van der Waals surface area contributed by atoms with Crippen LogP contribution in [0.2, 0.25) is 0 Å². The van der Waals surface area contributed by atoms with Gasteiger partial charge in [0.2, 0.25) is 0 Å². The minimum absolute atomic E-state index is 0.368. The molecule has 0 aliphatic heterocycles. The summed E-state index contributed by atoms with van der Waals surface area (Å²) in [5, 5.41) is 28.2. The Labute approximate surface area is 164 Å². The van der Waals surface area contributed by atoms with Gasteiger partial charge in [-0.05, 0) is 36.4 Å². The summed E-state index contributed by atoms with van der Waals surface area (Å²) >= 11 is 0. The summed E-state index contributed by atoms with van der Waals surface area (Å²) in [4.78, 5) is 36.3. The van der Waals surface area contributed by atoms with E-state index in [2.05, 4.69) is 23.2 Å². The van der Waals surface area contributed by atoms with Gasteiger partial charge in [-0.1, -0.05) is 36.4 Å². The van der Waals surface area contributed by atoms with Gasteiger partial charge in [-0.3, -0.25) is 0 Å². The number of hydrogen-bond acceptors (Lipinski definition) is 4. The van der Waals surface area contributed by atoms with E-state index in [1.165, 1.54) is 10.8 Å². The zero-order valence-electron chi connectivity index (χ0n) is 14.9. The lowest BCUT2D eigenvalue weighted by Crippen LogP contribution is -2.07. The molecule has 0 unspecified atom stereocenters. The Balaban J connectivity index is 0.000000166. The Morgan fingerprint density at radius 1 is 0.552 bits per heavy atom. The van der Waals surface area contributed by atoms with Crippen LogP contribution in [0.1, 0.15) is 31.1 Å². The maximum atomic E-state index is 10.6. The molecule has 0 atom stereocenters. The molecule has 29 heavy (non-hydrogen) atoms. The lowest BCUT2D eigenvalue weighted by molar-refractivity contribution is 0.0696. The lowest BCUT2D eigenvalue weighted by Gasteiger charge is -2.00. The Morgan fingerprint density at radius 2 is 0.897 bits per heavy atom. The van der Waals surface area contributed by atoms with E-state index in [0.29, 0.717) is 0 Å². The first-order valence-electron chi connectivity index (χ1n) is 8.44. The van der Waals surface area contributed by atoms with Crippen molar-refractivity contribution < 1.29 is 29.7 Å². The van der Waals surface area contributed by atoms with Crippen molar-refractivity contribution >= 4 is 39.7 Å². The molecule has 0 amide bonds. The van der Waals surface area contributed by atoms with Crippen molar-refractivity contribution in [2.75, 3.05) is 0 Å². The van der Waals surface area contributed by atoms with Gasteiger partial charge in [-0.2, -0.15) is 0 Å². The molecule has 1 heterocycles. The standard InChI is InChI=1S/C13H9N.C9H6O6/c1-3-7-12-10(5-1)9-11-6-2-4-8-13(11)14-12;10-7(11)4-1-5(8(12)13)3-6(2-4)9(14)15/h1-9H;1-3H,(H,10,11)(H,12,13)(H,14,15). The van der Waals surface area contributed by atoms with Gasteiger partial charge in [0.05, 0.1) is 27.7 Å². The van der Waals surface area contributed by atoms with Crippen LogP contribution in [0.5, 0.6) is 0 Å². The molecule has 0 radical (unpaired) electrons. The SMILES string of the molecule is O=C(O)c1cc(C(=O)O)cc(C(=O)O)c1.c1ccc2nc3ccccc3cc2c1. The van der Waals surface area contributed by atoms with Gasteiger partial charge in [-0.25, -0.2) is 19.4 Å². The summed E-state index contributed by atoms with van der Waals surface area (Å²) in [7, 11) is 0. The first-order chi connectivity index (χ1) is 13.8. The fraction of sp³-hybridized carbons (Fsp3) is 0. The van der Waals surface area contributed by atoms with Crippen molar-refractivity contribution in [2.24, 2.45) is 0 Å². The molecule has 0 fully saturated rings. The highest BCUT2D eigenvalue weighted by molar-refractivity contribution is 5.99. The van der Waals surface area contributed by atoms with Crippen LogP contribution < -0.4 is 0 Å². The van der Waals surface area contributed by atoms with E-state index >= 15 is 0 Å². The molecule has 0 bridgehead atoms. The van der Waals surface area contributed by atoms with Crippen molar-refractivity contribution in [3.8, 4) is 0 Å². The summed E-state index contributed by atoms with van der Waals surface area (Å²) in [6.07, 6.45) is 0. The van der Waals surface area contributed by atoms with Crippen LogP contribution >= 0.6 is 0 Å². The zero-order valence-corrected chi connectivity index (χ0v) is 14.9. The van der Waals surface area contributed by atoms with Crippen LogP contribution in [0, 0.1) is 0 Å². The molecule has 3 aromatic carbocycles. The van der Waals surface area contributed by atoms with Crippen molar-refractivity contribution in [3.63, 3.8) is 0 Å². The molecule has 7 nitrogen and oxygen atoms in total. The van der Waals surface area contributed by atoms with E-state index in [4.69, 9.17) is 15.3 Å². The molecule has 0 spiro atoms. The highest BCUT2D eigenvalue weighted by atomic mass is 16.4. The third kappa shape index (κ3) is 4.54. The van der Waals surface area contributed by atoms with Crippen LogP contribution in [-0.4, -0.2) is 38.2 Å². The summed E-state index contributed by atoms with van der Waals surface area (Å²) in [5.41, 5.74) is 1.02. The van der Waals surface area contributed by atoms with E-state index in [1.807, 2.05) is 36.4 Å². The third-order valence-electron chi connectivity index (χ3n) is 4.10. The van der Waals surface area contributed by atoms with Gasteiger partial charge in [0, 0.05) is 10.8 Å². The lowest BCUT2D eigenvalue weighted by atomic mass is 10.1. The Bertz CT molecular complexity index is 1060. The van der Waals surface area contributed by atoms with E-state index in [1.54, 1.807) is 0 Å². The molecule has 0 aliphatic carbocycles. The number of nitrogens with zero attached hydrogens (tertiary/aromatic N) is 1. The first kappa shape index (κ1) is 19.5. The van der Waals surface area contributed by atoms with Gasteiger partial charge < -0.3 is 15.3 Å². The Kier molecular flexibility index (Phi) is 5.50. The maximum absolute atomic E-state index is 10.6. The highest BCUT2D eigenvalue weighted by Crippen LogP contribution is 2.18. The average molecular weight is 389 g/mol. The number of rotatable bonds is 3. The molecular formula is C22H15NO6. The molecule has 0 saturated carbocycles. The molecule has 144 valence electrons. The molecule has 3 N–H and O–H groups in total. The number of benzene rings is 3. The second-order valence-electron chi connectivity index (χ2n) is 6.09. The number of pyridine rings is 1. The molecule has 4 aromatic rings. The third-order valence-corrected chi connectivity index (χ3v) is 4.10. The summed E-state index contributed by atoms with van der Waals surface area (Å²) < 4.78 is 0. The zero-order chi connectivity index (χ0) is 21.0. The normalized spacial score (nSPS) is 10.2. The minimum Gasteiger partial charge on any atom is -0.478 e. The number of hydrogen-bond donors (Lipinski definition) is 3. The number of carboxylic acid groups (broad SMARTS) is 3. The number of para-hydroxylation sites is 2. The van der Waals surface area contributed by atoms with E-state index in [0.717, 1.165) is 29.2 Å². The summed E-state index contributed by atoms with van der Waals surface area (Å²) in [6, 6.07) is 21.3. The van der Waals surface area contributed by atoms with Crippen LogP contribution in [0.15, 0.2) is 72.8 Å². The Morgan fingerprint density at radius 3 is 1.24 bits per heavy atom. The predicted molar refractivity (Wildman–Crippen MR) is 107 cm³/mol. The van der Waals surface area contributed by atoms with Crippen molar-refractivity contribution in [3.05, 3.63) is 89.5 Å². The molecule has 7 heteroatoms. The molecule has 0 saturated heterocycles. The van der Waals surface area contributed by atoms with E-state index in [-0.39, 0.29) is 16.7 Å². The van der Waals surface area contributed by atoms with Crippen LogP contribution in [0.4, 0.5) is 0 Å². The molecule has 0 aliphatic rings. The second kappa shape index (κ2) is 8.18. The molecule has 4 rings (SSSR count). The van der Waals surface area contributed by atoms with Crippen LogP contribution in [0.3, 0.4) is 0 Å². The fourth-order valence-corrected chi connectivity index (χ4v) is 2.72. The number of carbonyl (C=O) groups is 3. The van der Waals surface area contributed by atoms with Gasteiger partial charge in [0.25, 0.3) is 0 Å².